The summed E-state index contributed by atoms with van der Waals surface area (Å²) in [5.74, 6) is 2.28. The van der Waals surface area contributed by atoms with Crippen molar-refractivity contribution in [1.29, 1.82) is 0 Å². The maximum Gasteiger partial charge on any atom is 0.169 e. The van der Waals surface area contributed by atoms with Crippen LogP contribution >= 0.6 is 0 Å². The molecule has 3 nitrogen and oxygen atoms in total. The molecular formula is C16H19NO2. The Morgan fingerprint density at radius 3 is 2.42 bits per heavy atom. The van der Waals surface area contributed by atoms with E-state index in [1.807, 2.05) is 43.4 Å². The number of para-hydroxylation sites is 2. The second-order valence-electron chi connectivity index (χ2n) is 4.37. The molecular weight excluding hydrogens is 238 g/mol. The summed E-state index contributed by atoms with van der Waals surface area (Å²) >= 11 is 0. The average Bonchev–Trinajstić information content (AvgIpc) is 2.43. The Balaban J connectivity index is 2.21. The molecule has 0 aromatic heterocycles. The van der Waals surface area contributed by atoms with Crippen molar-refractivity contribution in [3.8, 4) is 17.2 Å². The van der Waals surface area contributed by atoms with Crippen LogP contribution in [0.4, 0.5) is 0 Å². The minimum absolute atomic E-state index is 0.728. The van der Waals surface area contributed by atoms with E-state index in [9.17, 15) is 0 Å². The molecule has 2 rings (SSSR count). The average molecular weight is 257 g/mol. The van der Waals surface area contributed by atoms with Crippen LogP contribution in [0.15, 0.2) is 42.5 Å². The Kier molecular flexibility index (Phi) is 4.42. The number of aryl methyl sites for hydroxylation is 1. The maximum atomic E-state index is 5.87. The zero-order chi connectivity index (χ0) is 13.7. The summed E-state index contributed by atoms with van der Waals surface area (Å²) in [6, 6.07) is 13.7. The first-order chi connectivity index (χ1) is 9.24. The Labute approximate surface area is 114 Å². The molecule has 0 spiro atoms. The van der Waals surface area contributed by atoms with Crippen molar-refractivity contribution in [2.75, 3.05) is 14.2 Å². The number of hydrogen-bond acceptors (Lipinski definition) is 3. The lowest BCUT2D eigenvalue weighted by Gasteiger charge is -2.12. The van der Waals surface area contributed by atoms with E-state index in [1.165, 1.54) is 11.1 Å². The quantitative estimate of drug-likeness (QED) is 0.889. The highest BCUT2D eigenvalue weighted by molar-refractivity contribution is 5.44. The summed E-state index contributed by atoms with van der Waals surface area (Å²) in [4.78, 5) is 0. The molecule has 0 atom stereocenters. The first-order valence-corrected chi connectivity index (χ1v) is 6.29. The molecule has 0 unspecified atom stereocenters. The molecule has 0 fully saturated rings. The van der Waals surface area contributed by atoms with E-state index in [0.29, 0.717) is 0 Å². The van der Waals surface area contributed by atoms with Crippen LogP contribution < -0.4 is 14.8 Å². The number of benzene rings is 2. The first kappa shape index (κ1) is 13.4. The predicted octanol–water partition coefficient (Wildman–Crippen LogP) is 3.52. The highest BCUT2D eigenvalue weighted by Gasteiger charge is 2.05. The third kappa shape index (κ3) is 3.26. The van der Waals surface area contributed by atoms with Gasteiger partial charge in [-0.3, -0.25) is 0 Å². The second kappa shape index (κ2) is 6.25. The molecule has 0 aliphatic heterocycles. The lowest BCUT2D eigenvalue weighted by Crippen LogP contribution is -2.06. The van der Waals surface area contributed by atoms with Gasteiger partial charge in [-0.05, 0) is 49.4 Å². The van der Waals surface area contributed by atoms with Crippen molar-refractivity contribution in [2.24, 2.45) is 0 Å². The lowest BCUT2D eigenvalue weighted by molar-refractivity contribution is 0.379. The zero-order valence-electron chi connectivity index (χ0n) is 11.6. The van der Waals surface area contributed by atoms with Crippen LogP contribution in [0.1, 0.15) is 11.1 Å². The third-order valence-corrected chi connectivity index (χ3v) is 2.98. The normalized spacial score (nSPS) is 10.3. The van der Waals surface area contributed by atoms with Crippen molar-refractivity contribution < 1.29 is 9.47 Å². The third-order valence-electron chi connectivity index (χ3n) is 2.98. The van der Waals surface area contributed by atoms with Gasteiger partial charge in [-0.15, -0.1) is 0 Å². The Morgan fingerprint density at radius 2 is 1.79 bits per heavy atom. The minimum atomic E-state index is 0.728. The fourth-order valence-corrected chi connectivity index (χ4v) is 1.95. The number of nitrogens with one attached hydrogen (secondary N) is 1. The van der Waals surface area contributed by atoms with Gasteiger partial charge in [-0.25, -0.2) is 0 Å². The largest absolute Gasteiger partial charge is 0.493 e. The number of methoxy groups -OCH3 is 1. The number of hydrogen-bond donors (Lipinski definition) is 1. The second-order valence-corrected chi connectivity index (χ2v) is 4.37. The van der Waals surface area contributed by atoms with Crippen molar-refractivity contribution in [1.82, 2.24) is 5.32 Å². The molecule has 0 bridgehead atoms. The summed E-state index contributed by atoms with van der Waals surface area (Å²) in [7, 11) is 3.59. The highest BCUT2D eigenvalue weighted by atomic mass is 16.5. The highest BCUT2D eigenvalue weighted by Crippen LogP contribution is 2.31. The molecule has 0 saturated carbocycles. The van der Waals surface area contributed by atoms with E-state index in [4.69, 9.17) is 9.47 Å². The maximum absolute atomic E-state index is 5.87. The zero-order valence-corrected chi connectivity index (χ0v) is 11.6. The van der Waals surface area contributed by atoms with Gasteiger partial charge in [0.1, 0.15) is 5.75 Å². The van der Waals surface area contributed by atoms with Crippen LogP contribution in [0.3, 0.4) is 0 Å². The van der Waals surface area contributed by atoms with Crippen molar-refractivity contribution >= 4 is 0 Å². The van der Waals surface area contributed by atoms with Gasteiger partial charge in [-0.1, -0.05) is 18.2 Å². The molecule has 2 aromatic rings. The van der Waals surface area contributed by atoms with Gasteiger partial charge in [-0.2, -0.15) is 0 Å². The van der Waals surface area contributed by atoms with Crippen LogP contribution in [0.25, 0.3) is 0 Å². The van der Waals surface area contributed by atoms with Crippen LogP contribution in [0.2, 0.25) is 0 Å². The monoisotopic (exact) mass is 257 g/mol. The molecule has 0 aliphatic rings. The molecule has 0 aliphatic carbocycles. The van der Waals surface area contributed by atoms with Gasteiger partial charge in [0.2, 0.25) is 0 Å². The topological polar surface area (TPSA) is 30.5 Å². The van der Waals surface area contributed by atoms with Gasteiger partial charge in [0, 0.05) is 6.54 Å². The van der Waals surface area contributed by atoms with Crippen molar-refractivity contribution in [2.45, 2.75) is 13.5 Å². The molecule has 1 N–H and O–H groups in total. The summed E-state index contributed by atoms with van der Waals surface area (Å²) in [5, 5.41) is 3.15. The lowest BCUT2D eigenvalue weighted by atomic mass is 10.1. The van der Waals surface area contributed by atoms with Gasteiger partial charge >= 0.3 is 0 Å². The Morgan fingerprint density at radius 1 is 1.05 bits per heavy atom. The molecule has 0 amide bonds. The fourth-order valence-electron chi connectivity index (χ4n) is 1.95. The van der Waals surface area contributed by atoms with Crippen molar-refractivity contribution in [3.63, 3.8) is 0 Å². The molecule has 19 heavy (non-hydrogen) atoms. The van der Waals surface area contributed by atoms with E-state index < -0.39 is 0 Å². The van der Waals surface area contributed by atoms with Crippen LogP contribution in [-0.2, 0) is 6.54 Å². The van der Waals surface area contributed by atoms with E-state index in [-0.39, 0.29) is 0 Å². The fraction of sp³-hybridized carbons (Fsp3) is 0.250. The summed E-state index contributed by atoms with van der Waals surface area (Å²) in [6.07, 6.45) is 0. The van der Waals surface area contributed by atoms with E-state index in [0.717, 1.165) is 23.8 Å². The van der Waals surface area contributed by atoms with E-state index in [1.54, 1.807) is 7.11 Å². The van der Waals surface area contributed by atoms with Crippen LogP contribution in [-0.4, -0.2) is 14.2 Å². The van der Waals surface area contributed by atoms with Gasteiger partial charge < -0.3 is 14.8 Å². The van der Waals surface area contributed by atoms with Crippen molar-refractivity contribution in [3.05, 3.63) is 53.6 Å². The predicted molar refractivity (Wildman–Crippen MR) is 77.0 cm³/mol. The number of ether oxygens (including phenoxy) is 2. The first-order valence-electron chi connectivity index (χ1n) is 6.29. The van der Waals surface area contributed by atoms with E-state index >= 15 is 0 Å². The molecule has 0 radical (unpaired) electrons. The summed E-state index contributed by atoms with van der Waals surface area (Å²) in [5.41, 5.74) is 2.48. The SMILES string of the molecule is CNCc1ccc(Oc2ccccc2OC)cc1C. The Hall–Kier alpha value is -2.00. The van der Waals surface area contributed by atoms with Crippen LogP contribution in [0, 0.1) is 6.92 Å². The molecule has 0 heterocycles. The molecule has 100 valence electrons. The minimum Gasteiger partial charge on any atom is -0.493 e. The summed E-state index contributed by atoms with van der Waals surface area (Å²) in [6.45, 7) is 2.95. The molecule has 3 heteroatoms. The van der Waals surface area contributed by atoms with Gasteiger partial charge in [0.25, 0.3) is 0 Å². The smallest absolute Gasteiger partial charge is 0.169 e. The van der Waals surface area contributed by atoms with Gasteiger partial charge in [0.05, 0.1) is 7.11 Å². The van der Waals surface area contributed by atoms with Gasteiger partial charge in [0.15, 0.2) is 11.5 Å². The summed E-state index contributed by atoms with van der Waals surface area (Å²) < 4.78 is 11.1. The van der Waals surface area contributed by atoms with Crippen LogP contribution in [0.5, 0.6) is 17.2 Å². The van der Waals surface area contributed by atoms with E-state index in [2.05, 4.69) is 18.3 Å². The molecule has 2 aromatic carbocycles. The standard InChI is InChI=1S/C16H19NO2/c1-12-10-14(9-8-13(12)11-17-2)19-16-7-5-4-6-15(16)18-3/h4-10,17H,11H2,1-3H3. The molecule has 0 saturated heterocycles. The number of rotatable bonds is 5. The Bertz CT molecular complexity index is 552.